The minimum atomic E-state index is -0.641. The molecule has 3 aromatic rings. The van der Waals surface area contributed by atoms with E-state index >= 15 is 0 Å². The summed E-state index contributed by atoms with van der Waals surface area (Å²) in [6, 6.07) is 6.66. The molecule has 0 radical (unpaired) electrons. The molecule has 10 nitrogen and oxygen atoms in total. The monoisotopic (exact) mass is 494 g/mol. The Bertz CT molecular complexity index is 1200. The Kier molecular flexibility index (Phi) is 8.04. The number of methoxy groups -OCH3 is 1. The number of anilines is 1. The molecule has 0 aliphatic carbocycles. The van der Waals surface area contributed by atoms with Crippen LogP contribution in [0.15, 0.2) is 41.1 Å². The summed E-state index contributed by atoms with van der Waals surface area (Å²) in [5.41, 5.74) is 3.12. The maximum atomic E-state index is 13.7. The third-order valence-electron chi connectivity index (χ3n) is 6.35. The van der Waals surface area contributed by atoms with Gasteiger partial charge in [0.1, 0.15) is 17.5 Å². The Morgan fingerprint density at radius 1 is 1.17 bits per heavy atom. The van der Waals surface area contributed by atoms with Crippen LogP contribution in [0.25, 0.3) is 0 Å². The Labute approximate surface area is 211 Å². The largest absolute Gasteiger partial charge is 0.497 e. The molecule has 1 fully saturated rings. The molecule has 1 unspecified atom stereocenters. The first-order chi connectivity index (χ1) is 17.4. The second-order valence-electron chi connectivity index (χ2n) is 9.15. The van der Waals surface area contributed by atoms with Crippen molar-refractivity contribution in [2.45, 2.75) is 46.2 Å². The van der Waals surface area contributed by atoms with Gasteiger partial charge in [0.15, 0.2) is 5.76 Å². The van der Waals surface area contributed by atoms with Crippen molar-refractivity contribution >= 4 is 17.5 Å². The van der Waals surface area contributed by atoms with E-state index in [0.717, 1.165) is 36.3 Å². The van der Waals surface area contributed by atoms with Crippen molar-refractivity contribution in [3.05, 3.63) is 59.3 Å². The van der Waals surface area contributed by atoms with Crippen LogP contribution in [0, 0.1) is 13.8 Å². The number of carbonyl (C=O) groups is 2. The van der Waals surface area contributed by atoms with Crippen molar-refractivity contribution in [3.8, 4) is 5.75 Å². The third-order valence-corrected chi connectivity index (χ3v) is 6.35. The Hall–Kier alpha value is -3.66. The van der Waals surface area contributed by atoms with Gasteiger partial charge < -0.3 is 19.4 Å². The first-order valence-electron chi connectivity index (χ1n) is 12.3. The number of carbonyl (C=O) groups excluding carboxylic acids is 2. The standard InChI is InChI=1S/C26H34N6O4/c1-5-9-32-16-22(28-29-32)24(25(33)27-21-8-7-20(35-4)15-19(21)3)30-10-6-11-31(13-12-30)26(34)23-14-18(2)17-36-23/h7-8,14-17,24H,5-6,9-13H2,1-4H3,(H,27,33). The highest BCUT2D eigenvalue weighted by Crippen LogP contribution is 2.26. The number of amides is 2. The number of ether oxygens (including phenoxy) is 1. The van der Waals surface area contributed by atoms with Crippen LogP contribution in [0.4, 0.5) is 5.69 Å². The van der Waals surface area contributed by atoms with E-state index in [0.29, 0.717) is 43.3 Å². The van der Waals surface area contributed by atoms with Crippen LogP contribution in [0.1, 0.15) is 53.2 Å². The molecule has 192 valence electrons. The maximum absolute atomic E-state index is 13.7. The molecule has 0 saturated carbocycles. The van der Waals surface area contributed by atoms with Gasteiger partial charge in [-0.2, -0.15) is 0 Å². The maximum Gasteiger partial charge on any atom is 0.289 e. The average molecular weight is 495 g/mol. The molecule has 0 bridgehead atoms. The minimum absolute atomic E-state index is 0.131. The zero-order valence-corrected chi connectivity index (χ0v) is 21.4. The quantitative estimate of drug-likeness (QED) is 0.511. The number of hydrogen-bond acceptors (Lipinski definition) is 7. The molecule has 0 spiro atoms. The van der Waals surface area contributed by atoms with E-state index in [1.807, 2.05) is 38.2 Å². The van der Waals surface area contributed by atoms with Crippen LogP contribution < -0.4 is 10.1 Å². The van der Waals surface area contributed by atoms with E-state index < -0.39 is 6.04 Å². The van der Waals surface area contributed by atoms with Crippen molar-refractivity contribution in [3.63, 3.8) is 0 Å². The molecule has 10 heteroatoms. The highest BCUT2D eigenvalue weighted by atomic mass is 16.5. The summed E-state index contributed by atoms with van der Waals surface area (Å²) in [6.07, 6.45) is 5.06. The van der Waals surface area contributed by atoms with E-state index in [4.69, 9.17) is 9.15 Å². The van der Waals surface area contributed by atoms with Crippen LogP contribution in [0.2, 0.25) is 0 Å². The summed E-state index contributed by atoms with van der Waals surface area (Å²) in [5.74, 6) is 0.753. The number of hydrogen-bond donors (Lipinski definition) is 1. The Balaban J connectivity index is 1.55. The predicted molar refractivity (Wildman–Crippen MR) is 135 cm³/mol. The summed E-state index contributed by atoms with van der Waals surface area (Å²) in [7, 11) is 1.61. The van der Waals surface area contributed by atoms with Crippen molar-refractivity contribution < 1.29 is 18.7 Å². The van der Waals surface area contributed by atoms with Gasteiger partial charge in [-0.15, -0.1) is 5.10 Å². The lowest BCUT2D eigenvalue weighted by Crippen LogP contribution is -2.40. The summed E-state index contributed by atoms with van der Waals surface area (Å²) in [5, 5.41) is 11.7. The van der Waals surface area contributed by atoms with Crippen LogP contribution in [0.3, 0.4) is 0 Å². The molecule has 1 aliphatic heterocycles. The number of aromatic nitrogens is 3. The molecule has 36 heavy (non-hydrogen) atoms. The van der Waals surface area contributed by atoms with E-state index in [1.54, 1.807) is 29.0 Å². The van der Waals surface area contributed by atoms with Gasteiger partial charge in [-0.05, 0) is 62.1 Å². The number of benzene rings is 1. The van der Waals surface area contributed by atoms with Crippen LogP contribution in [0.5, 0.6) is 5.75 Å². The highest BCUT2D eigenvalue weighted by molar-refractivity contribution is 5.96. The zero-order chi connectivity index (χ0) is 25.7. The van der Waals surface area contributed by atoms with Gasteiger partial charge in [0.2, 0.25) is 5.91 Å². The van der Waals surface area contributed by atoms with Crippen LogP contribution in [-0.4, -0.2) is 69.9 Å². The predicted octanol–water partition coefficient (Wildman–Crippen LogP) is 3.43. The Morgan fingerprint density at radius 3 is 2.69 bits per heavy atom. The number of nitrogens with one attached hydrogen (secondary N) is 1. The third kappa shape index (κ3) is 5.76. The molecular weight excluding hydrogens is 460 g/mol. The summed E-state index contributed by atoms with van der Waals surface area (Å²) < 4.78 is 12.5. The molecule has 1 aromatic carbocycles. The molecule has 1 atom stereocenters. The number of aryl methyl sites for hydroxylation is 3. The van der Waals surface area contributed by atoms with E-state index in [1.165, 1.54) is 0 Å². The number of rotatable bonds is 8. The van der Waals surface area contributed by atoms with Gasteiger partial charge in [-0.1, -0.05) is 12.1 Å². The number of nitrogens with zero attached hydrogens (tertiary/aromatic N) is 5. The fourth-order valence-electron chi connectivity index (χ4n) is 4.47. The van der Waals surface area contributed by atoms with Gasteiger partial charge in [0.25, 0.3) is 5.91 Å². The second kappa shape index (κ2) is 11.4. The zero-order valence-electron chi connectivity index (χ0n) is 21.4. The average Bonchev–Trinajstić information content (AvgIpc) is 3.43. The van der Waals surface area contributed by atoms with Crippen molar-refractivity contribution in [2.24, 2.45) is 0 Å². The van der Waals surface area contributed by atoms with Crippen LogP contribution in [-0.2, 0) is 11.3 Å². The summed E-state index contributed by atoms with van der Waals surface area (Å²) in [4.78, 5) is 30.5. The van der Waals surface area contributed by atoms with Gasteiger partial charge in [-0.3, -0.25) is 19.2 Å². The van der Waals surface area contributed by atoms with Crippen molar-refractivity contribution in [1.29, 1.82) is 0 Å². The normalized spacial score (nSPS) is 15.4. The van der Waals surface area contributed by atoms with E-state index in [2.05, 4.69) is 27.5 Å². The lowest BCUT2D eigenvalue weighted by molar-refractivity contribution is -0.121. The smallest absolute Gasteiger partial charge is 0.289 e. The highest BCUT2D eigenvalue weighted by Gasteiger charge is 2.33. The molecule has 1 saturated heterocycles. The van der Waals surface area contributed by atoms with Gasteiger partial charge in [-0.25, -0.2) is 0 Å². The van der Waals surface area contributed by atoms with Crippen molar-refractivity contribution in [2.75, 3.05) is 38.6 Å². The summed E-state index contributed by atoms with van der Waals surface area (Å²) in [6.45, 7) is 8.84. The van der Waals surface area contributed by atoms with Gasteiger partial charge in [0.05, 0.1) is 19.6 Å². The topological polar surface area (TPSA) is 106 Å². The van der Waals surface area contributed by atoms with Crippen molar-refractivity contribution in [1.82, 2.24) is 24.8 Å². The second-order valence-corrected chi connectivity index (χ2v) is 9.15. The van der Waals surface area contributed by atoms with Gasteiger partial charge >= 0.3 is 0 Å². The van der Waals surface area contributed by atoms with Gasteiger partial charge in [0, 0.05) is 38.4 Å². The number of furan rings is 1. The van der Waals surface area contributed by atoms with E-state index in [9.17, 15) is 9.59 Å². The van der Waals surface area contributed by atoms with E-state index in [-0.39, 0.29) is 11.8 Å². The molecule has 4 rings (SSSR count). The molecule has 2 aromatic heterocycles. The fraction of sp³-hybridized carbons (Fsp3) is 0.462. The fourth-order valence-corrected chi connectivity index (χ4v) is 4.47. The molecule has 1 aliphatic rings. The molecular formula is C26H34N6O4. The summed E-state index contributed by atoms with van der Waals surface area (Å²) >= 11 is 0. The SMILES string of the molecule is CCCn1cc(C(C(=O)Nc2ccc(OC)cc2C)N2CCCN(C(=O)c3cc(C)co3)CC2)nn1. The van der Waals surface area contributed by atoms with Crippen LogP contribution >= 0.6 is 0 Å². The lowest BCUT2D eigenvalue weighted by atomic mass is 10.1. The first-order valence-corrected chi connectivity index (χ1v) is 12.3. The molecule has 2 amide bonds. The first kappa shape index (κ1) is 25.4. The molecule has 1 N–H and O–H groups in total. The molecule has 3 heterocycles. The lowest BCUT2D eigenvalue weighted by Gasteiger charge is -2.28. The Morgan fingerprint density at radius 2 is 2.00 bits per heavy atom. The minimum Gasteiger partial charge on any atom is -0.497 e.